The highest BCUT2D eigenvalue weighted by Crippen LogP contribution is 2.25. The zero-order valence-corrected chi connectivity index (χ0v) is 14.8. The molecule has 0 spiro atoms. The van der Waals surface area contributed by atoms with Crippen molar-refractivity contribution in [3.05, 3.63) is 76.3 Å². The number of oxime groups is 1. The quantitative estimate of drug-likeness (QED) is 0.342. The largest absolute Gasteiger partial charge is 0.437 e. The first kappa shape index (κ1) is 17.3. The van der Waals surface area contributed by atoms with E-state index in [1.807, 2.05) is 42.5 Å². The summed E-state index contributed by atoms with van der Waals surface area (Å²) < 4.78 is 0. The van der Waals surface area contributed by atoms with Crippen molar-refractivity contribution in [1.29, 1.82) is 0 Å². The third kappa shape index (κ3) is 4.10. The average Bonchev–Trinajstić information content (AvgIpc) is 2.62. The zero-order chi connectivity index (χ0) is 17.8. The van der Waals surface area contributed by atoms with E-state index in [1.54, 1.807) is 19.1 Å². The van der Waals surface area contributed by atoms with E-state index in [-0.39, 0.29) is 0 Å². The highest BCUT2D eigenvalue weighted by molar-refractivity contribution is 6.42. The van der Waals surface area contributed by atoms with Crippen molar-refractivity contribution in [3.8, 4) is 0 Å². The number of halogens is 2. The third-order valence-corrected chi connectivity index (χ3v) is 4.35. The van der Waals surface area contributed by atoms with Gasteiger partial charge >= 0.3 is 6.09 Å². The molecule has 126 valence electrons. The maximum atomic E-state index is 11.9. The number of rotatable bonds is 3. The van der Waals surface area contributed by atoms with Gasteiger partial charge in [0.25, 0.3) is 0 Å². The van der Waals surface area contributed by atoms with E-state index >= 15 is 0 Å². The third-order valence-electron chi connectivity index (χ3n) is 3.61. The molecule has 0 fully saturated rings. The minimum atomic E-state index is -0.710. The molecule has 0 aromatic heterocycles. The van der Waals surface area contributed by atoms with Gasteiger partial charge in [0, 0.05) is 11.3 Å². The molecule has 0 aliphatic carbocycles. The second-order valence-electron chi connectivity index (χ2n) is 5.34. The van der Waals surface area contributed by atoms with Crippen molar-refractivity contribution in [2.75, 3.05) is 5.32 Å². The summed E-state index contributed by atoms with van der Waals surface area (Å²) in [6, 6.07) is 18.6. The van der Waals surface area contributed by atoms with Gasteiger partial charge in [0.15, 0.2) is 0 Å². The number of nitrogens with one attached hydrogen (secondary N) is 1. The number of anilines is 1. The molecule has 4 nitrogen and oxygen atoms in total. The SMILES string of the molecule is CC(=NOC(=O)Nc1ccc(Cl)c(Cl)c1)c1cccc2ccccc12. The number of benzene rings is 3. The Balaban J connectivity index is 1.74. The normalized spacial score (nSPS) is 11.4. The lowest BCUT2D eigenvalue weighted by Gasteiger charge is -2.07. The molecule has 0 heterocycles. The van der Waals surface area contributed by atoms with E-state index < -0.39 is 6.09 Å². The van der Waals surface area contributed by atoms with Crippen LogP contribution in [-0.2, 0) is 4.84 Å². The summed E-state index contributed by atoms with van der Waals surface area (Å²) >= 11 is 11.7. The van der Waals surface area contributed by atoms with Crippen molar-refractivity contribution < 1.29 is 9.63 Å². The average molecular weight is 373 g/mol. The van der Waals surface area contributed by atoms with Gasteiger partial charge in [0.2, 0.25) is 0 Å². The molecule has 0 atom stereocenters. The Morgan fingerprint density at radius 3 is 2.56 bits per heavy atom. The molecule has 0 aliphatic heterocycles. The predicted octanol–water partition coefficient (Wildman–Crippen LogP) is 6.12. The highest BCUT2D eigenvalue weighted by Gasteiger charge is 2.08. The molecule has 0 radical (unpaired) electrons. The lowest BCUT2D eigenvalue weighted by Crippen LogP contribution is -2.12. The molecule has 0 bridgehead atoms. The number of fused-ring (bicyclic) bond motifs is 1. The van der Waals surface area contributed by atoms with Crippen molar-refractivity contribution in [2.24, 2.45) is 5.16 Å². The standard InChI is InChI=1S/C19H14Cl2N2O2/c1-12(15-8-4-6-13-5-2-3-7-16(13)15)23-25-19(24)22-14-9-10-17(20)18(21)11-14/h2-11H,1H3,(H,22,24). The number of hydrogen-bond acceptors (Lipinski definition) is 3. The van der Waals surface area contributed by atoms with Crippen LogP contribution < -0.4 is 5.32 Å². The van der Waals surface area contributed by atoms with Crippen LogP contribution in [0.4, 0.5) is 10.5 Å². The van der Waals surface area contributed by atoms with Crippen LogP contribution in [0.3, 0.4) is 0 Å². The van der Waals surface area contributed by atoms with Gasteiger partial charge in [-0.05, 0) is 35.9 Å². The number of amides is 1. The molecule has 0 unspecified atom stereocenters. The first-order valence-corrected chi connectivity index (χ1v) is 8.26. The van der Waals surface area contributed by atoms with Crippen LogP contribution in [0.25, 0.3) is 10.8 Å². The Morgan fingerprint density at radius 2 is 1.76 bits per heavy atom. The first-order chi connectivity index (χ1) is 12.0. The maximum Gasteiger partial charge on any atom is 0.437 e. The predicted molar refractivity (Wildman–Crippen MR) is 103 cm³/mol. The van der Waals surface area contributed by atoms with Crippen molar-refractivity contribution in [2.45, 2.75) is 6.92 Å². The first-order valence-electron chi connectivity index (χ1n) is 7.50. The molecule has 6 heteroatoms. The van der Waals surface area contributed by atoms with Crippen LogP contribution in [0.2, 0.25) is 10.0 Å². The smallest absolute Gasteiger partial charge is 0.298 e. The van der Waals surface area contributed by atoms with E-state index in [0.29, 0.717) is 21.4 Å². The van der Waals surface area contributed by atoms with Crippen LogP contribution in [0.1, 0.15) is 12.5 Å². The minimum Gasteiger partial charge on any atom is -0.298 e. The molecular formula is C19H14Cl2N2O2. The molecule has 3 aromatic carbocycles. The Hall–Kier alpha value is -2.56. The summed E-state index contributed by atoms with van der Waals surface area (Å²) in [4.78, 5) is 16.8. The summed E-state index contributed by atoms with van der Waals surface area (Å²) in [7, 11) is 0. The monoisotopic (exact) mass is 372 g/mol. The van der Waals surface area contributed by atoms with E-state index in [4.69, 9.17) is 28.0 Å². The molecule has 3 aromatic rings. The van der Waals surface area contributed by atoms with E-state index in [1.165, 1.54) is 6.07 Å². The number of carbonyl (C=O) groups is 1. The van der Waals surface area contributed by atoms with Crippen molar-refractivity contribution >= 4 is 51.5 Å². The lowest BCUT2D eigenvalue weighted by molar-refractivity contribution is 0.166. The van der Waals surface area contributed by atoms with Gasteiger partial charge in [-0.15, -0.1) is 0 Å². The highest BCUT2D eigenvalue weighted by atomic mass is 35.5. The van der Waals surface area contributed by atoms with Gasteiger partial charge in [0.1, 0.15) is 0 Å². The molecule has 25 heavy (non-hydrogen) atoms. The van der Waals surface area contributed by atoms with Crippen LogP contribution in [0.15, 0.2) is 65.8 Å². The number of carbonyl (C=O) groups excluding carboxylic acids is 1. The fraction of sp³-hybridized carbons (Fsp3) is 0.0526. The Bertz CT molecular complexity index is 965. The molecule has 3 rings (SSSR count). The Kier molecular flexibility index (Phi) is 5.22. The second kappa shape index (κ2) is 7.55. The van der Waals surface area contributed by atoms with Crippen LogP contribution >= 0.6 is 23.2 Å². The van der Waals surface area contributed by atoms with E-state index in [2.05, 4.69) is 10.5 Å². The minimum absolute atomic E-state index is 0.343. The zero-order valence-electron chi connectivity index (χ0n) is 13.3. The molecular weight excluding hydrogens is 359 g/mol. The molecule has 1 amide bonds. The van der Waals surface area contributed by atoms with Gasteiger partial charge in [-0.3, -0.25) is 10.2 Å². The van der Waals surface area contributed by atoms with Crippen LogP contribution in [0, 0.1) is 0 Å². The second-order valence-corrected chi connectivity index (χ2v) is 6.15. The molecule has 0 saturated carbocycles. The number of hydrogen-bond donors (Lipinski definition) is 1. The fourth-order valence-corrected chi connectivity index (χ4v) is 2.71. The van der Waals surface area contributed by atoms with Gasteiger partial charge in [-0.2, -0.15) is 0 Å². The molecule has 0 aliphatic rings. The van der Waals surface area contributed by atoms with Crippen molar-refractivity contribution in [3.63, 3.8) is 0 Å². The van der Waals surface area contributed by atoms with E-state index in [9.17, 15) is 4.79 Å². The number of nitrogens with zero attached hydrogens (tertiary/aromatic N) is 1. The van der Waals surface area contributed by atoms with Crippen LogP contribution in [0.5, 0.6) is 0 Å². The van der Waals surface area contributed by atoms with Gasteiger partial charge in [-0.1, -0.05) is 70.8 Å². The summed E-state index contributed by atoms with van der Waals surface area (Å²) in [5.74, 6) is 0. The van der Waals surface area contributed by atoms with Crippen LogP contribution in [-0.4, -0.2) is 11.8 Å². The Morgan fingerprint density at radius 1 is 1.00 bits per heavy atom. The van der Waals surface area contributed by atoms with Gasteiger partial charge < -0.3 is 0 Å². The topological polar surface area (TPSA) is 50.7 Å². The summed E-state index contributed by atoms with van der Waals surface area (Å²) in [6.45, 7) is 1.79. The van der Waals surface area contributed by atoms with Gasteiger partial charge in [-0.25, -0.2) is 4.79 Å². The lowest BCUT2D eigenvalue weighted by atomic mass is 10.0. The maximum absolute atomic E-state index is 11.9. The fourth-order valence-electron chi connectivity index (χ4n) is 2.41. The summed E-state index contributed by atoms with van der Waals surface area (Å²) in [5, 5.41) is 9.35. The van der Waals surface area contributed by atoms with Gasteiger partial charge in [0.05, 0.1) is 15.8 Å². The van der Waals surface area contributed by atoms with E-state index in [0.717, 1.165) is 16.3 Å². The Labute approximate surface area is 155 Å². The molecule has 1 N–H and O–H groups in total. The van der Waals surface area contributed by atoms with Crippen molar-refractivity contribution in [1.82, 2.24) is 0 Å². The molecule has 0 saturated heterocycles. The summed E-state index contributed by atoms with van der Waals surface area (Å²) in [6.07, 6.45) is -0.710. The summed E-state index contributed by atoms with van der Waals surface area (Å²) in [5.41, 5.74) is 1.97.